The number of ether oxygens (including phenoxy) is 1. The predicted molar refractivity (Wildman–Crippen MR) is 46.3 cm³/mol. The summed E-state index contributed by atoms with van der Waals surface area (Å²) in [6, 6.07) is 0. The Labute approximate surface area is 71.3 Å². The second-order valence-corrected chi connectivity index (χ2v) is 2.74. The molecule has 0 bridgehead atoms. The molecule has 0 saturated heterocycles. The summed E-state index contributed by atoms with van der Waals surface area (Å²) >= 11 is 4.64. The molecule has 0 aliphatic heterocycles. The molecule has 5 heteroatoms. The van der Waals surface area contributed by atoms with Crippen molar-refractivity contribution in [2.24, 2.45) is 5.73 Å². The van der Waals surface area contributed by atoms with Gasteiger partial charge in [-0.15, -0.1) is 0 Å². The Hall–Kier alpha value is -0.680. The van der Waals surface area contributed by atoms with Crippen molar-refractivity contribution in [1.29, 1.82) is 0 Å². The number of methoxy groups -OCH3 is 1. The van der Waals surface area contributed by atoms with E-state index in [0.717, 1.165) is 0 Å². The number of esters is 1. The van der Waals surface area contributed by atoms with E-state index in [2.05, 4.69) is 17.0 Å². The van der Waals surface area contributed by atoms with Crippen LogP contribution in [0, 0.1) is 0 Å². The Morgan fingerprint density at radius 3 is 2.55 bits per heavy atom. The van der Waals surface area contributed by atoms with Gasteiger partial charge in [0.05, 0.1) is 18.6 Å². The van der Waals surface area contributed by atoms with Crippen molar-refractivity contribution < 1.29 is 9.53 Å². The van der Waals surface area contributed by atoms with E-state index >= 15 is 0 Å². The molecule has 0 aromatic carbocycles. The van der Waals surface area contributed by atoms with Crippen LogP contribution in [0.15, 0.2) is 0 Å². The molecule has 11 heavy (non-hydrogen) atoms. The average Bonchev–Trinajstić information content (AvgIpc) is 1.85. The van der Waals surface area contributed by atoms with Gasteiger partial charge in [-0.3, -0.25) is 9.69 Å². The van der Waals surface area contributed by atoms with Crippen molar-refractivity contribution in [2.75, 3.05) is 27.2 Å². The molecule has 0 rings (SSSR count). The number of hydrogen-bond donors (Lipinski definition) is 1. The molecule has 0 amide bonds. The smallest absolute Gasteiger partial charge is 0.319 e. The Bertz CT molecular complexity index is 161. The third kappa shape index (κ3) is 5.75. The summed E-state index contributed by atoms with van der Waals surface area (Å²) in [6.45, 7) is 0.651. The maximum Gasteiger partial charge on any atom is 0.319 e. The van der Waals surface area contributed by atoms with Crippen molar-refractivity contribution in [3.05, 3.63) is 0 Å². The molecule has 0 spiro atoms. The maximum absolute atomic E-state index is 10.7. The minimum atomic E-state index is -0.288. The van der Waals surface area contributed by atoms with Gasteiger partial charge in [0.15, 0.2) is 0 Å². The first-order valence-corrected chi connectivity index (χ1v) is 3.50. The molecule has 0 radical (unpaired) electrons. The first-order chi connectivity index (χ1) is 5.06. The summed E-state index contributed by atoms with van der Waals surface area (Å²) in [7, 11) is 3.09. The van der Waals surface area contributed by atoms with Gasteiger partial charge in [0.1, 0.15) is 0 Å². The molecule has 64 valence electrons. The van der Waals surface area contributed by atoms with Gasteiger partial charge in [-0.1, -0.05) is 12.2 Å². The third-order valence-electron chi connectivity index (χ3n) is 1.05. The first-order valence-electron chi connectivity index (χ1n) is 3.10. The van der Waals surface area contributed by atoms with E-state index in [1.54, 1.807) is 11.9 Å². The van der Waals surface area contributed by atoms with Gasteiger partial charge in [-0.2, -0.15) is 0 Å². The number of thiocarbonyl (C=S) groups is 1. The molecule has 0 fully saturated rings. The number of hydrogen-bond acceptors (Lipinski definition) is 4. The second-order valence-electron chi connectivity index (χ2n) is 2.21. The Kier molecular flexibility index (Phi) is 4.72. The lowest BCUT2D eigenvalue weighted by atomic mass is 10.5. The highest BCUT2D eigenvalue weighted by atomic mass is 32.1. The predicted octanol–water partition coefficient (Wildman–Crippen LogP) is -0.623. The largest absolute Gasteiger partial charge is 0.468 e. The van der Waals surface area contributed by atoms with Crippen LogP contribution in [-0.4, -0.2) is 43.1 Å². The highest BCUT2D eigenvalue weighted by molar-refractivity contribution is 7.80. The molecule has 0 aliphatic carbocycles. The van der Waals surface area contributed by atoms with Crippen LogP contribution < -0.4 is 5.73 Å². The summed E-state index contributed by atoms with van der Waals surface area (Å²) < 4.78 is 4.44. The standard InChI is InChI=1S/C6H12N2O2S/c1-8(3-5(7)11)4-6(9)10-2/h3-4H2,1-2H3,(H2,7,11). The van der Waals surface area contributed by atoms with Crippen LogP contribution in [0.2, 0.25) is 0 Å². The van der Waals surface area contributed by atoms with Gasteiger partial charge in [0.2, 0.25) is 0 Å². The maximum atomic E-state index is 10.7. The lowest BCUT2D eigenvalue weighted by molar-refractivity contribution is -0.141. The van der Waals surface area contributed by atoms with Crippen LogP contribution in [-0.2, 0) is 9.53 Å². The normalized spacial score (nSPS) is 9.73. The zero-order valence-electron chi connectivity index (χ0n) is 6.66. The van der Waals surface area contributed by atoms with E-state index < -0.39 is 0 Å². The molecular formula is C6H12N2O2S. The summed E-state index contributed by atoms with van der Waals surface area (Å²) in [4.78, 5) is 12.7. The molecule has 4 nitrogen and oxygen atoms in total. The molecule has 0 aliphatic rings. The zero-order valence-corrected chi connectivity index (χ0v) is 7.48. The number of nitrogens with zero attached hydrogens (tertiary/aromatic N) is 1. The van der Waals surface area contributed by atoms with Gasteiger partial charge >= 0.3 is 5.97 Å². The fourth-order valence-corrected chi connectivity index (χ4v) is 0.827. The van der Waals surface area contributed by atoms with E-state index in [-0.39, 0.29) is 12.5 Å². The van der Waals surface area contributed by atoms with Crippen molar-refractivity contribution in [3.8, 4) is 0 Å². The highest BCUT2D eigenvalue weighted by Crippen LogP contribution is 1.83. The van der Waals surface area contributed by atoms with E-state index in [9.17, 15) is 4.79 Å². The van der Waals surface area contributed by atoms with Gasteiger partial charge in [-0.25, -0.2) is 0 Å². The number of nitrogens with two attached hydrogens (primary N) is 1. The van der Waals surface area contributed by atoms with E-state index in [0.29, 0.717) is 11.5 Å². The van der Waals surface area contributed by atoms with Crippen LogP contribution >= 0.6 is 12.2 Å². The second kappa shape index (κ2) is 5.03. The lowest BCUT2D eigenvalue weighted by Gasteiger charge is -2.12. The van der Waals surface area contributed by atoms with Crippen molar-refractivity contribution in [2.45, 2.75) is 0 Å². The summed E-state index contributed by atoms with van der Waals surface area (Å²) in [5, 5.41) is 0. The Balaban J connectivity index is 3.60. The van der Waals surface area contributed by atoms with Crippen LogP contribution in [0.5, 0.6) is 0 Å². The SMILES string of the molecule is COC(=O)CN(C)CC(N)=S. The number of rotatable bonds is 4. The fourth-order valence-electron chi connectivity index (χ4n) is 0.607. The third-order valence-corrected chi connectivity index (χ3v) is 1.18. The molecule has 0 heterocycles. The van der Waals surface area contributed by atoms with E-state index in [1.807, 2.05) is 0 Å². The molecule has 0 unspecified atom stereocenters. The summed E-state index contributed by atoms with van der Waals surface area (Å²) in [5.74, 6) is -0.288. The van der Waals surface area contributed by atoms with E-state index in [1.165, 1.54) is 7.11 Å². The Morgan fingerprint density at radius 1 is 1.64 bits per heavy atom. The zero-order chi connectivity index (χ0) is 8.85. The minimum absolute atomic E-state index is 0.216. The number of likely N-dealkylation sites (N-methyl/N-ethyl adjacent to an activating group) is 1. The van der Waals surface area contributed by atoms with E-state index in [4.69, 9.17) is 5.73 Å². The number of carbonyl (C=O) groups is 1. The quantitative estimate of drug-likeness (QED) is 0.457. The van der Waals surface area contributed by atoms with Gasteiger partial charge in [0, 0.05) is 6.54 Å². The molecule has 0 aromatic heterocycles. The molecule has 0 saturated carbocycles. The number of carbonyl (C=O) groups excluding carboxylic acids is 1. The van der Waals surface area contributed by atoms with Crippen molar-refractivity contribution in [3.63, 3.8) is 0 Å². The highest BCUT2D eigenvalue weighted by Gasteiger charge is 2.05. The molecular weight excluding hydrogens is 164 g/mol. The van der Waals surface area contributed by atoms with Crippen LogP contribution in [0.1, 0.15) is 0 Å². The van der Waals surface area contributed by atoms with Crippen LogP contribution in [0.25, 0.3) is 0 Å². The first kappa shape index (κ1) is 10.3. The Morgan fingerprint density at radius 2 is 2.18 bits per heavy atom. The van der Waals surface area contributed by atoms with Crippen molar-refractivity contribution in [1.82, 2.24) is 4.90 Å². The molecule has 0 atom stereocenters. The molecule has 0 aromatic rings. The minimum Gasteiger partial charge on any atom is -0.468 e. The molecule has 2 N–H and O–H groups in total. The fraction of sp³-hybridized carbons (Fsp3) is 0.667. The monoisotopic (exact) mass is 176 g/mol. The van der Waals surface area contributed by atoms with Gasteiger partial charge < -0.3 is 10.5 Å². The lowest BCUT2D eigenvalue weighted by Crippen LogP contribution is -2.33. The van der Waals surface area contributed by atoms with Crippen LogP contribution in [0.4, 0.5) is 0 Å². The van der Waals surface area contributed by atoms with Crippen LogP contribution in [0.3, 0.4) is 0 Å². The van der Waals surface area contributed by atoms with Gasteiger partial charge in [0.25, 0.3) is 0 Å². The summed E-state index contributed by atoms with van der Waals surface area (Å²) in [5.41, 5.74) is 5.25. The average molecular weight is 176 g/mol. The topological polar surface area (TPSA) is 55.6 Å². The van der Waals surface area contributed by atoms with Crippen molar-refractivity contribution >= 4 is 23.2 Å². The van der Waals surface area contributed by atoms with Gasteiger partial charge in [-0.05, 0) is 7.05 Å². The summed E-state index contributed by atoms with van der Waals surface area (Å²) in [6.07, 6.45) is 0.